The normalized spacial score (nSPS) is 18.1. The maximum Gasteiger partial charge on any atom is 0.248 e. The van der Waals surface area contributed by atoms with E-state index in [4.69, 9.17) is 0 Å². The van der Waals surface area contributed by atoms with E-state index >= 15 is 0 Å². The Bertz CT molecular complexity index is 1160. The van der Waals surface area contributed by atoms with Crippen LogP contribution in [0.2, 0.25) is 0 Å². The first-order valence-corrected chi connectivity index (χ1v) is 9.46. The van der Waals surface area contributed by atoms with Crippen LogP contribution in [0.1, 0.15) is 23.8 Å². The highest BCUT2D eigenvalue weighted by atomic mass is 32.1. The number of aryl methyl sites for hydroxylation is 1. The van der Waals surface area contributed by atoms with Gasteiger partial charge in [-0.05, 0) is 24.3 Å². The smallest absolute Gasteiger partial charge is 0.248 e. The van der Waals surface area contributed by atoms with E-state index in [1.165, 1.54) is 11.3 Å². The molecule has 1 fully saturated rings. The van der Waals surface area contributed by atoms with Gasteiger partial charge in [0, 0.05) is 59.4 Å². The standard InChI is InChI=1S/C19H16F2N4OS/c1-25-9-12-4-11(8-22-17(12)24-25)14-3-2-10-5-15(27-18(10)23-14)16(26)13-6-19(20,21)7-13/h2-5,8-9,13,16,26H,6-7H2,1H3. The van der Waals surface area contributed by atoms with E-state index in [2.05, 4.69) is 15.1 Å². The molecule has 1 unspecified atom stereocenters. The van der Waals surface area contributed by atoms with E-state index < -0.39 is 12.0 Å². The van der Waals surface area contributed by atoms with Gasteiger partial charge in [0.15, 0.2) is 5.65 Å². The second kappa shape index (κ2) is 5.77. The molecule has 0 aliphatic heterocycles. The monoisotopic (exact) mass is 386 g/mol. The largest absolute Gasteiger partial charge is 0.387 e. The van der Waals surface area contributed by atoms with Crippen molar-refractivity contribution in [1.29, 1.82) is 0 Å². The number of aromatic nitrogens is 4. The predicted octanol–water partition coefficient (Wildman–Crippen LogP) is 4.32. The first kappa shape index (κ1) is 16.7. The van der Waals surface area contributed by atoms with Crippen molar-refractivity contribution in [1.82, 2.24) is 19.7 Å². The molecule has 27 heavy (non-hydrogen) atoms. The number of alkyl halides is 2. The third-order valence-electron chi connectivity index (χ3n) is 5.03. The molecule has 1 atom stereocenters. The van der Waals surface area contributed by atoms with Crippen LogP contribution in [0.3, 0.4) is 0 Å². The molecule has 0 radical (unpaired) electrons. The Morgan fingerprint density at radius 1 is 1.26 bits per heavy atom. The first-order chi connectivity index (χ1) is 12.9. The summed E-state index contributed by atoms with van der Waals surface area (Å²) >= 11 is 1.36. The Morgan fingerprint density at radius 2 is 2.07 bits per heavy atom. The number of nitrogens with zero attached hydrogens (tertiary/aromatic N) is 4. The number of aliphatic hydroxyl groups excluding tert-OH is 1. The molecule has 8 heteroatoms. The van der Waals surface area contributed by atoms with Crippen molar-refractivity contribution in [3.05, 3.63) is 41.5 Å². The zero-order valence-electron chi connectivity index (χ0n) is 14.4. The van der Waals surface area contributed by atoms with Crippen molar-refractivity contribution in [3.8, 4) is 11.3 Å². The molecule has 1 aliphatic carbocycles. The van der Waals surface area contributed by atoms with Gasteiger partial charge in [0.1, 0.15) is 4.83 Å². The minimum absolute atomic E-state index is 0.252. The van der Waals surface area contributed by atoms with Gasteiger partial charge in [-0.25, -0.2) is 18.7 Å². The van der Waals surface area contributed by atoms with Crippen molar-refractivity contribution in [2.45, 2.75) is 24.9 Å². The summed E-state index contributed by atoms with van der Waals surface area (Å²) in [4.78, 5) is 10.5. The van der Waals surface area contributed by atoms with E-state index in [1.807, 2.05) is 37.5 Å². The van der Waals surface area contributed by atoms with Crippen LogP contribution in [0.5, 0.6) is 0 Å². The zero-order valence-corrected chi connectivity index (χ0v) is 15.2. The summed E-state index contributed by atoms with van der Waals surface area (Å²) in [5.74, 6) is -3.02. The number of fused-ring (bicyclic) bond motifs is 2. The van der Waals surface area contributed by atoms with Gasteiger partial charge >= 0.3 is 0 Å². The van der Waals surface area contributed by atoms with Crippen molar-refractivity contribution >= 4 is 32.6 Å². The molecule has 138 valence electrons. The van der Waals surface area contributed by atoms with Gasteiger partial charge < -0.3 is 5.11 Å². The van der Waals surface area contributed by atoms with E-state index in [9.17, 15) is 13.9 Å². The van der Waals surface area contributed by atoms with Crippen LogP contribution in [-0.2, 0) is 7.05 Å². The second-order valence-electron chi connectivity index (χ2n) is 7.15. The van der Waals surface area contributed by atoms with Gasteiger partial charge in [-0.3, -0.25) is 4.68 Å². The Kier molecular flexibility index (Phi) is 3.57. The van der Waals surface area contributed by atoms with Gasteiger partial charge in [-0.1, -0.05) is 0 Å². The van der Waals surface area contributed by atoms with Gasteiger partial charge in [-0.15, -0.1) is 11.3 Å². The quantitative estimate of drug-likeness (QED) is 0.569. The van der Waals surface area contributed by atoms with Gasteiger partial charge in [0.2, 0.25) is 5.92 Å². The molecule has 0 saturated heterocycles. The fraction of sp³-hybridized carbons (Fsp3) is 0.316. The summed E-state index contributed by atoms with van der Waals surface area (Å²) < 4.78 is 27.9. The highest BCUT2D eigenvalue weighted by Crippen LogP contribution is 2.49. The molecule has 4 aromatic rings. The fourth-order valence-electron chi connectivity index (χ4n) is 3.58. The Balaban J connectivity index is 1.47. The van der Waals surface area contributed by atoms with Crippen LogP contribution in [0, 0.1) is 5.92 Å². The average Bonchev–Trinajstić information content (AvgIpc) is 3.19. The lowest BCUT2D eigenvalue weighted by Crippen LogP contribution is -2.38. The summed E-state index contributed by atoms with van der Waals surface area (Å²) in [7, 11) is 1.85. The van der Waals surface area contributed by atoms with Gasteiger partial charge in [0.05, 0.1) is 11.8 Å². The highest BCUT2D eigenvalue weighted by Gasteiger charge is 2.48. The van der Waals surface area contributed by atoms with Crippen LogP contribution < -0.4 is 0 Å². The minimum Gasteiger partial charge on any atom is -0.387 e. The van der Waals surface area contributed by atoms with Crippen molar-refractivity contribution < 1.29 is 13.9 Å². The molecule has 0 bridgehead atoms. The SMILES string of the molecule is Cn1cc2cc(-c3ccc4cc(C(O)C5CC(F)(F)C5)sc4n3)cnc2n1. The number of thiophene rings is 1. The Morgan fingerprint density at radius 3 is 2.85 bits per heavy atom. The maximum absolute atomic E-state index is 13.1. The number of halogens is 2. The van der Waals surface area contributed by atoms with Crippen molar-refractivity contribution in [2.75, 3.05) is 0 Å². The topological polar surface area (TPSA) is 63.8 Å². The van der Waals surface area contributed by atoms with Crippen molar-refractivity contribution in [2.24, 2.45) is 13.0 Å². The molecule has 5 nitrogen and oxygen atoms in total. The number of hydrogen-bond donors (Lipinski definition) is 1. The van der Waals surface area contributed by atoms with Crippen molar-refractivity contribution in [3.63, 3.8) is 0 Å². The molecular formula is C19H16F2N4OS. The molecule has 4 aromatic heterocycles. The first-order valence-electron chi connectivity index (χ1n) is 8.64. The lowest BCUT2D eigenvalue weighted by Gasteiger charge is -2.37. The summed E-state index contributed by atoms with van der Waals surface area (Å²) in [5, 5.41) is 16.5. The predicted molar refractivity (Wildman–Crippen MR) is 99.8 cm³/mol. The lowest BCUT2D eigenvalue weighted by atomic mass is 9.77. The van der Waals surface area contributed by atoms with E-state index in [0.717, 1.165) is 26.9 Å². The molecule has 0 aromatic carbocycles. The Labute approximate surface area is 157 Å². The summed E-state index contributed by atoms with van der Waals surface area (Å²) in [6, 6.07) is 7.68. The van der Waals surface area contributed by atoms with Gasteiger partial charge in [0.25, 0.3) is 0 Å². The van der Waals surface area contributed by atoms with Crippen LogP contribution >= 0.6 is 11.3 Å². The molecule has 1 saturated carbocycles. The number of rotatable bonds is 3. The molecular weight excluding hydrogens is 370 g/mol. The van der Waals surface area contributed by atoms with Gasteiger partial charge in [-0.2, -0.15) is 5.10 Å². The van der Waals surface area contributed by atoms with Crippen LogP contribution in [-0.4, -0.2) is 30.8 Å². The maximum atomic E-state index is 13.1. The van der Waals surface area contributed by atoms with E-state index in [-0.39, 0.29) is 18.8 Å². The second-order valence-corrected chi connectivity index (χ2v) is 8.21. The third kappa shape index (κ3) is 2.89. The van der Waals surface area contributed by atoms with Crippen LogP contribution in [0.25, 0.3) is 32.5 Å². The highest BCUT2D eigenvalue weighted by molar-refractivity contribution is 7.18. The fourth-order valence-corrected chi connectivity index (χ4v) is 4.69. The summed E-state index contributed by atoms with van der Waals surface area (Å²) in [5.41, 5.74) is 2.34. The van der Waals surface area contributed by atoms with Crippen LogP contribution in [0.4, 0.5) is 8.78 Å². The molecule has 5 rings (SSSR count). The zero-order chi connectivity index (χ0) is 18.8. The van der Waals surface area contributed by atoms with E-state index in [1.54, 1.807) is 10.9 Å². The molecule has 4 heterocycles. The average molecular weight is 386 g/mol. The molecule has 0 spiro atoms. The van der Waals surface area contributed by atoms with E-state index in [0.29, 0.717) is 10.5 Å². The lowest BCUT2D eigenvalue weighted by molar-refractivity contribution is -0.141. The Hall–Kier alpha value is -2.45. The minimum atomic E-state index is -2.63. The molecule has 0 amide bonds. The molecule has 1 aliphatic rings. The van der Waals surface area contributed by atoms with Crippen LogP contribution in [0.15, 0.2) is 36.7 Å². The molecule has 1 N–H and O–H groups in total. The number of aliphatic hydroxyl groups is 1. The summed E-state index contributed by atoms with van der Waals surface area (Å²) in [6.07, 6.45) is 2.28. The summed E-state index contributed by atoms with van der Waals surface area (Å²) in [6.45, 7) is 0. The number of pyridine rings is 2. The number of hydrogen-bond acceptors (Lipinski definition) is 5. The third-order valence-corrected chi connectivity index (χ3v) is 6.15.